The molecule has 1 aromatic rings. The predicted octanol–water partition coefficient (Wildman–Crippen LogP) is 3.51. The van der Waals surface area contributed by atoms with E-state index in [-0.39, 0.29) is 7.43 Å². The van der Waals surface area contributed by atoms with E-state index >= 15 is 0 Å². The van der Waals surface area contributed by atoms with Crippen LogP contribution in [0.3, 0.4) is 0 Å². The minimum absolute atomic E-state index is 0. The maximum Gasteiger partial charge on any atom is 0.113 e. The molecule has 14 heavy (non-hydrogen) atoms. The van der Waals surface area contributed by atoms with Crippen molar-refractivity contribution in [1.29, 1.82) is 0 Å². The summed E-state index contributed by atoms with van der Waals surface area (Å²) in [4.78, 5) is 1.55. The second-order valence-electron chi connectivity index (χ2n) is 4.36. The smallest absolute Gasteiger partial charge is 0.113 e. The van der Waals surface area contributed by atoms with Crippen molar-refractivity contribution in [2.45, 2.75) is 33.2 Å². The van der Waals surface area contributed by atoms with Crippen LogP contribution in [0.1, 0.15) is 31.6 Å². The van der Waals surface area contributed by atoms with Crippen molar-refractivity contribution >= 4 is 11.3 Å². The highest BCUT2D eigenvalue weighted by atomic mass is 32.1. The first kappa shape index (κ1) is 11.7. The van der Waals surface area contributed by atoms with Crippen LogP contribution < -0.4 is 0 Å². The van der Waals surface area contributed by atoms with Gasteiger partial charge in [0.2, 0.25) is 0 Å². The van der Waals surface area contributed by atoms with Crippen LogP contribution in [-0.2, 0) is 6.54 Å². The van der Waals surface area contributed by atoms with Crippen LogP contribution >= 0.6 is 11.3 Å². The topological polar surface area (TPSA) is 0 Å². The Bertz CT molecular complexity index is 247. The van der Waals surface area contributed by atoms with Crippen LogP contribution in [0.25, 0.3) is 0 Å². The molecule has 1 aliphatic heterocycles. The fourth-order valence-electron chi connectivity index (χ4n) is 2.21. The lowest BCUT2D eigenvalue weighted by Crippen LogP contribution is -2.46. The SMILES string of the molecule is C.C[N+]1(Cc2cccs2)CCCCC1. The zero-order valence-electron chi connectivity index (χ0n) is 8.33. The number of nitrogens with zero attached hydrogens (tertiary/aromatic N) is 1. The quantitative estimate of drug-likeness (QED) is 0.658. The molecule has 0 radical (unpaired) electrons. The first-order valence-electron chi connectivity index (χ1n) is 5.14. The third kappa shape index (κ3) is 2.82. The molecule has 80 valence electrons. The van der Waals surface area contributed by atoms with Crippen molar-refractivity contribution in [2.24, 2.45) is 0 Å². The Balaban J connectivity index is 0.000000980. The zero-order chi connectivity index (χ0) is 9.15. The summed E-state index contributed by atoms with van der Waals surface area (Å²) in [6.07, 6.45) is 4.28. The Morgan fingerprint density at radius 3 is 2.57 bits per heavy atom. The summed E-state index contributed by atoms with van der Waals surface area (Å²) in [5.41, 5.74) is 0. The van der Waals surface area contributed by atoms with Crippen molar-refractivity contribution in [3.8, 4) is 0 Å². The van der Waals surface area contributed by atoms with Gasteiger partial charge < -0.3 is 4.48 Å². The molecule has 0 atom stereocenters. The number of hydrogen-bond acceptors (Lipinski definition) is 1. The number of quaternary nitrogens is 1. The molecule has 0 saturated carbocycles. The molecular weight excluding hydrogens is 190 g/mol. The highest BCUT2D eigenvalue weighted by Crippen LogP contribution is 2.22. The van der Waals surface area contributed by atoms with E-state index in [1.54, 1.807) is 4.88 Å². The average Bonchev–Trinajstić information content (AvgIpc) is 2.57. The minimum Gasteiger partial charge on any atom is -0.322 e. The van der Waals surface area contributed by atoms with Crippen molar-refractivity contribution in [3.63, 3.8) is 0 Å². The lowest BCUT2D eigenvalue weighted by molar-refractivity contribution is -0.926. The second-order valence-corrected chi connectivity index (χ2v) is 5.40. The van der Waals surface area contributed by atoms with Crippen LogP contribution in [0, 0.1) is 0 Å². The molecule has 1 nitrogen and oxygen atoms in total. The molecular formula is C12H22NS+. The predicted molar refractivity (Wildman–Crippen MR) is 64.5 cm³/mol. The standard InChI is InChI=1S/C11H18NS.CH4/c1-12(7-3-2-4-8-12)10-11-6-5-9-13-11;/h5-6,9H,2-4,7-8,10H2,1H3;1H4/q+1;. The van der Waals surface area contributed by atoms with Gasteiger partial charge in [0.05, 0.1) is 25.0 Å². The molecule has 0 aliphatic carbocycles. The molecule has 0 aromatic carbocycles. The highest BCUT2D eigenvalue weighted by Gasteiger charge is 2.24. The minimum atomic E-state index is 0. The highest BCUT2D eigenvalue weighted by molar-refractivity contribution is 7.09. The Morgan fingerprint density at radius 2 is 2.00 bits per heavy atom. The molecule has 0 N–H and O–H groups in total. The van der Waals surface area contributed by atoms with Gasteiger partial charge in [-0.05, 0) is 30.7 Å². The van der Waals surface area contributed by atoms with E-state index in [0.29, 0.717) is 0 Å². The normalized spacial score (nSPS) is 20.1. The van der Waals surface area contributed by atoms with Crippen LogP contribution in [0.15, 0.2) is 17.5 Å². The van der Waals surface area contributed by atoms with Gasteiger partial charge in [-0.15, -0.1) is 11.3 Å². The number of thiophene rings is 1. The van der Waals surface area contributed by atoms with E-state index in [1.165, 1.54) is 43.4 Å². The van der Waals surface area contributed by atoms with Crippen LogP contribution in [0.2, 0.25) is 0 Å². The lowest BCUT2D eigenvalue weighted by Gasteiger charge is -2.37. The molecule has 0 bridgehead atoms. The molecule has 1 aromatic heterocycles. The molecule has 0 unspecified atom stereocenters. The molecule has 1 aliphatic rings. The third-order valence-electron chi connectivity index (χ3n) is 3.01. The van der Waals surface area contributed by atoms with Crippen LogP contribution in [0.5, 0.6) is 0 Å². The molecule has 2 heteroatoms. The van der Waals surface area contributed by atoms with Crippen molar-refractivity contribution in [2.75, 3.05) is 20.1 Å². The van der Waals surface area contributed by atoms with Gasteiger partial charge in [0.25, 0.3) is 0 Å². The van der Waals surface area contributed by atoms with Crippen molar-refractivity contribution in [1.82, 2.24) is 0 Å². The second kappa shape index (κ2) is 4.94. The molecule has 1 saturated heterocycles. The fraction of sp³-hybridized carbons (Fsp3) is 0.667. The monoisotopic (exact) mass is 212 g/mol. The van der Waals surface area contributed by atoms with Gasteiger partial charge in [0.1, 0.15) is 6.54 Å². The summed E-state index contributed by atoms with van der Waals surface area (Å²) in [7, 11) is 2.40. The molecule has 2 heterocycles. The van der Waals surface area contributed by atoms with Gasteiger partial charge in [0, 0.05) is 0 Å². The van der Waals surface area contributed by atoms with Crippen LogP contribution in [0.4, 0.5) is 0 Å². The first-order chi connectivity index (χ1) is 6.29. The van der Waals surface area contributed by atoms with Crippen LogP contribution in [-0.4, -0.2) is 24.6 Å². The van der Waals surface area contributed by atoms with Gasteiger partial charge in [-0.1, -0.05) is 13.5 Å². The Morgan fingerprint density at radius 1 is 1.29 bits per heavy atom. The maximum atomic E-state index is 2.40. The van der Waals surface area contributed by atoms with Gasteiger partial charge in [-0.3, -0.25) is 0 Å². The van der Waals surface area contributed by atoms with E-state index in [9.17, 15) is 0 Å². The zero-order valence-corrected chi connectivity index (χ0v) is 9.15. The number of piperidine rings is 1. The Hall–Kier alpha value is -0.340. The van der Waals surface area contributed by atoms with Gasteiger partial charge in [0.15, 0.2) is 0 Å². The number of likely N-dealkylation sites (tertiary alicyclic amines) is 1. The average molecular weight is 212 g/mol. The van der Waals surface area contributed by atoms with Gasteiger partial charge in [-0.2, -0.15) is 0 Å². The van der Waals surface area contributed by atoms with Crippen molar-refractivity contribution < 1.29 is 4.48 Å². The largest absolute Gasteiger partial charge is 0.322 e. The first-order valence-corrected chi connectivity index (χ1v) is 6.02. The van der Waals surface area contributed by atoms with E-state index in [2.05, 4.69) is 24.6 Å². The third-order valence-corrected chi connectivity index (χ3v) is 3.87. The summed E-state index contributed by atoms with van der Waals surface area (Å²) in [6.45, 7) is 3.99. The van der Waals surface area contributed by atoms with E-state index in [4.69, 9.17) is 0 Å². The van der Waals surface area contributed by atoms with Gasteiger partial charge >= 0.3 is 0 Å². The summed E-state index contributed by atoms with van der Waals surface area (Å²) in [5.74, 6) is 0. The van der Waals surface area contributed by atoms with E-state index < -0.39 is 0 Å². The van der Waals surface area contributed by atoms with E-state index in [1.807, 2.05) is 11.3 Å². The summed E-state index contributed by atoms with van der Waals surface area (Å²) >= 11 is 1.90. The Kier molecular flexibility index (Phi) is 4.14. The molecule has 0 spiro atoms. The summed E-state index contributed by atoms with van der Waals surface area (Å²) in [5, 5.41) is 2.19. The van der Waals surface area contributed by atoms with Crippen molar-refractivity contribution in [3.05, 3.63) is 22.4 Å². The fourth-order valence-corrected chi connectivity index (χ4v) is 3.09. The molecule has 1 fully saturated rings. The lowest BCUT2D eigenvalue weighted by atomic mass is 10.1. The number of rotatable bonds is 2. The summed E-state index contributed by atoms with van der Waals surface area (Å²) in [6, 6.07) is 4.43. The maximum absolute atomic E-state index is 2.40. The number of hydrogen-bond donors (Lipinski definition) is 0. The summed E-state index contributed by atoms with van der Waals surface area (Å²) < 4.78 is 1.26. The Labute approximate surface area is 92.0 Å². The van der Waals surface area contributed by atoms with Gasteiger partial charge in [-0.25, -0.2) is 0 Å². The van der Waals surface area contributed by atoms with E-state index in [0.717, 1.165) is 0 Å². The molecule has 0 amide bonds. The molecule has 2 rings (SSSR count).